The summed E-state index contributed by atoms with van der Waals surface area (Å²) in [6.45, 7) is 1.64. The SMILES string of the molecule is CC(C(=O)O)c1ccc(OC2CCC2)c(Cl)c1. The fourth-order valence-electron chi connectivity index (χ4n) is 1.69. The van der Waals surface area contributed by atoms with Gasteiger partial charge in [-0.1, -0.05) is 17.7 Å². The van der Waals surface area contributed by atoms with Gasteiger partial charge in [-0.2, -0.15) is 0 Å². The molecule has 0 spiro atoms. The molecule has 0 aliphatic heterocycles. The number of rotatable bonds is 4. The van der Waals surface area contributed by atoms with Crippen molar-refractivity contribution in [3.63, 3.8) is 0 Å². The fourth-order valence-corrected chi connectivity index (χ4v) is 1.93. The van der Waals surface area contributed by atoms with Crippen molar-refractivity contribution in [2.45, 2.75) is 38.2 Å². The van der Waals surface area contributed by atoms with Crippen molar-refractivity contribution >= 4 is 17.6 Å². The summed E-state index contributed by atoms with van der Waals surface area (Å²) in [4.78, 5) is 10.9. The highest BCUT2D eigenvalue weighted by molar-refractivity contribution is 6.32. The minimum absolute atomic E-state index is 0.273. The maximum atomic E-state index is 10.9. The standard InChI is InChI=1S/C13H15ClO3/c1-8(13(15)16)9-5-6-12(11(14)7-9)17-10-3-2-4-10/h5-8,10H,2-4H2,1H3,(H,15,16). The number of hydrogen-bond acceptors (Lipinski definition) is 2. The van der Waals surface area contributed by atoms with Crippen LogP contribution >= 0.6 is 11.6 Å². The number of carbonyl (C=O) groups is 1. The van der Waals surface area contributed by atoms with Crippen LogP contribution in [0.25, 0.3) is 0 Å². The molecule has 1 N–H and O–H groups in total. The first-order chi connectivity index (χ1) is 8.08. The van der Waals surface area contributed by atoms with Crippen LogP contribution in [-0.2, 0) is 4.79 Å². The molecule has 1 aromatic carbocycles. The highest BCUT2D eigenvalue weighted by atomic mass is 35.5. The molecule has 1 fully saturated rings. The van der Waals surface area contributed by atoms with Crippen LogP contribution in [0.5, 0.6) is 5.75 Å². The van der Waals surface area contributed by atoms with Crippen molar-refractivity contribution in [2.24, 2.45) is 0 Å². The molecule has 1 aliphatic rings. The van der Waals surface area contributed by atoms with Gasteiger partial charge in [-0.3, -0.25) is 4.79 Å². The Morgan fingerprint density at radius 3 is 2.71 bits per heavy atom. The minimum atomic E-state index is -0.853. The molecular formula is C13H15ClO3. The second-order valence-electron chi connectivity index (χ2n) is 4.42. The van der Waals surface area contributed by atoms with Crippen LogP contribution in [-0.4, -0.2) is 17.2 Å². The molecular weight excluding hydrogens is 240 g/mol. The van der Waals surface area contributed by atoms with Crippen molar-refractivity contribution < 1.29 is 14.6 Å². The Morgan fingerprint density at radius 1 is 1.53 bits per heavy atom. The molecule has 0 saturated heterocycles. The zero-order valence-corrected chi connectivity index (χ0v) is 10.4. The number of halogens is 1. The van der Waals surface area contributed by atoms with E-state index in [1.165, 1.54) is 6.42 Å². The molecule has 0 amide bonds. The summed E-state index contributed by atoms with van der Waals surface area (Å²) in [7, 11) is 0. The Kier molecular flexibility index (Phi) is 3.57. The van der Waals surface area contributed by atoms with Gasteiger partial charge in [-0.05, 0) is 43.9 Å². The number of benzene rings is 1. The van der Waals surface area contributed by atoms with Gasteiger partial charge in [0.05, 0.1) is 17.0 Å². The quantitative estimate of drug-likeness (QED) is 0.895. The van der Waals surface area contributed by atoms with E-state index in [-0.39, 0.29) is 6.10 Å². The molecule has 1 saturated carbocycles. The zero-order valence-electron chi connectivity index (χ0n) is 9.65. The van der Waals surface area contributed by atoms with Crippen LogP contribution in [0, 0.1) is 0 Å². The number of ether oxygens (including phenoxy) is 1. The molecule has 0 heterocycles. The van der Waals surface area contributed by atoms with Crippen LogP contribution in [0.4, 0.5) is 0 Å². The number of hydrogen-bond donors (Lipinski definition) is 1. The Morgan fingerprint density at radius 2 is 2.24 bits per heavy atom. The molecule has 1 aromatic rings. The average Bonchev–Trinajstić information content (AvgIpc) is 2.23. The molecule has 4 heteroatoms. The average molecular weight is 255 g/mol. The first kappa shape index (κ1) is 12.2. The summed E-state index contributed by atoms with van der Waals surface area (Å²) in [5.74, 6) is -0.753. The first-order valence-electron chi connectivity index (χ1n) is 5.77. The molecule has 2 rings (SSSR count). The predicted octanol–water partition coefficient (Wildman–Crippen LogP) is 3.46. The van der Waals surface area contributed by atoms with Crippen molar-refractivity contribution in [2.75, 3.05) is 0 Å². The van der Waals surface area contributed by atoms with Crippen LogP contribution in [0.2, 0.25) is 5.02 Å². The van der Waals surface area contributed by atoms with E-state index in [9.17, 15) is 4.79 Å². The number of carboxylic acid groups (broad SMARTS) is 1. The van der Waals surface area contributed by atoms with Gasteiger partial charge >= 0.3 is 5.97 Å². The molecule has 0 bridgehead atoms. The smallest absolute Gasteiger partial charge is 0.310 e. The van der Waals surface area contributed by atoms with Crippen molar-refractivity contribution in [1.82, 2.24) is 0 Å². The summed E-state index contributed by atoms with van der Waals surface area (Å²) in [5, 5.41) is 9.40. The normalized spacial score (nSPS) is 17.3. The number of carboxylic acids is 1. The number of aliphatic carboxylic acids is 1. The molecule has 92 valence electrons. The first-order valence-corrected chi connectivity index (χ1v) is 6.14. The lowest BCUT2D eigenvalue weighted by molar-refractivity contribution is -0.138. The van der Waals surface area contributed by atoms with Gasteiger partial charge in [-0.15, -0.1) is 0 Å². The summed E-state index contributed by atoms with van der Waals surface area (Å²) in [5.41, 5.74) is 0.698. The van der Waals surface area contributed by atoms with Gasteiger partial charge in [0.25, 0.3) is 0 Å². The van der Waals surface area contributed by atoms with Gasteiger partial charge in [0.2, 0.25) is 0 Å². The molecule has 1 atom stereocenters. The maximum Gasteiger partial charge on any atom is 0.310 e. The second kappa shape index (κ2) is 4.96. The lowest BCUT2D eigenvalue weighted by Crippen LogP contribution is -2.24. The van der Waals surface area contributed by atoms with Crippen LogP contribution in [0.3, 0.4) is 0 Å². The third kappa shape index (κ3) is 2.72. The highest BCUT2D eigenvalue weighted by Gasteiger charge is 2.21. The molecule has 0 radical (unpaired) electrons. The molecule has 0 aromatic heterocycles. The summed E-state index contributed by atoms with van der Waals surface area (Å²) < 4.78 is 5.70. The Labute approximate surface area is 105 Å². The largest absolute Gasteiger partial charge is 0.489 e. The summed E-state index contributed by atoms with van der Waals surface area (Å²) >= 11 is 6.09. The van der Waals surface area contributed by atoms with E-state index in [1.54, 1.807) is 25.1 Å². The Bertz CT molecular complexity index is 427. The highest BCUT2D eigenvalue weighted by Crippen LogP contribution is 2.32. The predicted molar refractivity (Wildman–Crippen MR) is 65.8 cm³/mol. The lowest BCUT2D eigenvalue weighted by Gasteiger charge is -2.27. The van der Waals surface area contributed by atoms with E-state index < -0.39 is 11.9 Å². The topological polar surface area (TPSA) is 46.5 Å². The Balaban J connectivity index is 2.13. The molecule has 3 nitrogen and oxygen atoms in total. The van der Waals surface area contributed by atoms with E-state index in [4.69, 9.17) is 21.4 Å². The van der Waals surface area contributed by atoms with E-state index >= 15 is 0 Å². The van der Waals surface area contributed by atoms with E-state index in [2.05, 4.69) is 0 Å². The van der Waals surface area contributed by atoms with E-state index in [0.29, 0.717) is 16.3 Å². The molecule has 17 heavy (non-hydrogen) atoms. The maximum absolute atomic E-state index is 10.9. The van der Waals surface area contributed by atoms with E-state index in [0.717, 1.165) is 12.8 Å². The summed E-state index contributed by atoms with van der Waals surface area (Å²) in [6, 6.07) is 5.20. The minimum Gasteiger partial charge on any atom is -0.489 e. The van der Waals surface area contributed by atoms with Crippen LogP contribution in [0.15, 0.2) is 18.2 Å². The third-order valence-electron chi connectivity index (χ3n) is 3.17. The van der Waals surface area contributed by atoms with Gasteiger partial charge in [-0.25, -0.2) is 0 Å². The zero-order chi connectivity index (χ0) is 12.4. The lowest BCUT2D eigenvalue weighted by atomic mass is 9.96. The van der Waals surface area contributed by atoms with Gasteiger partial charge in [0.1, 0.15) is 5.75 Å². The van der Waals surface area contributed by atoms with Gasteiger partial charge in [0, 0.05) is 0 Å². The van der Waals surface area contributed by atoms with Gasteiger partial charge < -0.3 is 9.84 Å². The Hall–Kier alpha value is -1.22. The van der Waals surface area contributed by atoms with Crippen LogP contribution < -0.4 is 4.74 Å². The van der Waals surface area contributed by atoms with E-state index in [1.807, 2.05) is 0 Å². The van der Waals surface area contributed by atoms with Crippen molar-refractivity contribution in [1.29, 1.82) is 0 Å². The molecule has 1 aliphatic carbocycles. The van der Waals surface area contributed by atoms with Crippen molar-refractivity contribution in [3.05, 3.63) is 28.8 Å². The van der Waals surface area contributed by atoms with Crippen LogP contribution in [0.1, 0.15) is 37.7 Å². The fraction of sp³-hybridized carbons (Fsp3) is 0.462. The summed E-state index contributed by atoms with van der Waals surface area (Å²) in [6.07, 6.45) is 3.62. The van der Waals surface area contributed by atoms with Crippen molar-refractivity contribution in [3.8, 4) is 5.75 Å². The molecule has 1 unspecified atom stereocenters. The third-order valence-corrected chi connectivity index (χ3v) is 3.47. The second-order valence-corrected chi connectivity index (χ2v) is 4.83. The van der Waals surface area contributed by atoms with Gasteiger partial charge in [0.15, 0.2) is 0 Å². The monoisotopic (exact) mass is 254 g/mol.